The van der Waals surface area contributed by atoms with Crippen molar-refractivity contribution < 1.29 is 4.79 Å². The zero-order valence-corrected chi connectivity index (χ0v) is 11.4. The summed E-state index contributed by atoms with van der Waals surface area (Å²) >= 11 is 0. The summed E-state index contributed by atoms with van der Waals surface area (Å²) < 4.78 is 0. The third-order valence-corrected chi connectivity index (χ3v) is 3.54. The van der Waals surface area contributed by atoms with Gasteiger partial charge < -0.3 is 10.2 Å². The summed E-state index contributed by atoms with van der Waals surface area (Å²) in [5.41, 5.74) is 2.01. The van der Waals surface area contributed by atoms with Crippen LogP contribution in [-0.2, 0) is 0 Å². The molecule has 1 saturated heterocycles. The summed E-state index contributed by atoms with van der Waals surface area (Å²) in [5, 5.41) is 3.01. The molecular weight excluding hydrogens is 224 g/mol. The molecule has 2 atom stereocenters. The molecule has 1 aromatic rings. The topological polar surface area (TPSA) is 32.3 Å². The number of para-hydroxylation sites is 1. The number of hydrogen-bond donors (Lipinski definition) is 1. The summed E-state index contributed by atoms with van der Waals surface area (Å²) in [6.07, 6.45) is 1.22. The Hall–Kier alpha value is -1.51. The minimum atomic E-state index is 0.0303. The zero-order valence-electron chi connectivity index (χ0n) is 11.4. The van der Waals surface area contributed by atoms with Crippen LogP contribution >= 0.6 is 0 Å². The molecule has 1 N–H and O–H groups in total. The average molecular weight is 246 g/mol. The maximum absolute atomic E-state index is 12.2. The molecule has 3 nitrogen and oxygen atoms in total. The largest absolute Gasteiger partial charge is 0.324 e. The monoisotopic (exact) mass is 246 g/mol. The molecule has 0 unspecified atom stereocenters. The van der Waals surface area contributed by atoms with Gasteiger partial charge in [-0.25, -0.2) is 4.79 Å². The van der Waals surface area contributed by atoms with E-state index in [1.54, 1.807) is 0 Å². The lowest BCUT2D eigenvalue weighted by Gasteiger charge is -2.35. The summed E-state index contributed by atoms with van der Waals surface area (Å²) in [4.78, 5) is 14.2. The molecule has 1 fully saturated rings. The lowest BCUT2D eigenvalue weighted by atomic mass is 9.92. The normalized spacial score (nSPS) is 23.8. The quantitative estimate of drug-likeness (QED) is 0.808. The molecule has 0 spiro atoms. The van der Waals surface area contributed by atoms with Crippen LogP contribution in [0, 0.1) is 18.8 Å². The molecule has 0 aliphatic carbocycles. The van der Waals surface area contributed by atoms with Crippen molar-refractivity contribution >= 4 is 11.7 Å². The van der Waals surface area contributed by atoms with Crippen LogP contribution in [0.15, 0.2) is 24.3 Å². The van der Waals surface area contributed by atoms with E-state index in [0.717, 1.165) is 24.3 Å². The molecule has 0 radical (unpaired) electrons. The van der Waals surface area contributed by atoms with Gasteiger partial charge in [0.2, 0.25) is 0 Å². The first-order valence-electron chi connectivity index (χ1n) is 6.68. The van der Waals surface area contributed by atoms with Crippen molar-refractivity contribution in [2.24, 2.45) is 11.8 Å². The summed E-state index contributed by atoms with van der Waals surface area (Å²) in [7, 11) is 0. The number of benzene rings is 1. The molecule has 2 amide bonds. The summed E-state index contributed by atoms with van der Waals surface area (Å²) in [6.45, 7) is 8.16. The second-order valence-corrected chi connectivity index (χ2v) is 5.60. The van der Waals surface area contributed by atoms with Gasteiger partial charge >= 0.3 is 6.03 Å². The molecule has 18 heavy (non-hydrogen) atoms. The highest BCUT2D eigenvalue weighted by molar-refractivity contribution is 5.90. The number of likely N-dealkylation sites (tertiary alicyclic amines) is 1. The van der Waals surface area contributed by atoms with Gasteiger partial charge in [0.05, 0.1) is 0 Å². The first-order chi connectivity index (χ1) is 8.56. The molecule has 0 bridgehead atoms. The number of aryl methyl sites for hydroxylation is 1. The third-order valence-electron chi connectivity index (χ3n) is 3.54. The van der Waals surface area contributed by atoms with E-state index in [2.05, 4.69) is 19.2 Å². The molecule has 1 aliphatic rings. The molecule has 1 heterocycles. The van der Waals surface area contributed by atoms with E-state index in [0.29, 0.717) is 11.8 Å². The standard InChI is InChI=1S/C15H22N2O/c1-11-8-12(2)10-17(9-11)15(18)16-14-7-5-4-6-13(14)3/h4-7,11-12H,8-10H2,1-3H3,(H,16,18)/t11-,12-/m0/s1. The Morgan fingerprint density at radius 1 is 1.22 bits per heavy atom. The zero-order chi connectivity index (χ0) is 13.1. The highest BCUT2D eigenvalue weighted by Gasteiger charge is 2.25. The SMILES string of the molecule is Cc1ccccc1NC(=O)N1C[C@@H](C)C[C@H](C)C1. The number of anilines is 1. The van der Waals surface area contributed by atoms with Crippen molar-refractivity contribution in [2.45, 2.75) is 27.2 Å². The van der Waals surface area contributed by atoms with Crippen molar-refractivity contribution in [1.29, 1.82) is 0 Å². The number of carbonyl (C=O) groups excluding carboxylic acids is 1. The Labute approximate surface area is 109 Å². The van der Waals surface area contributed by atoms with Gasteiger partial charge in [0.1, 0.15) is 0 Å². The van der Waals surface area contributed by atoms with Crippen LogP contribution in [0.4, 0.5) is 10.5 Å². The second kappa shape index (κ2) is 5.42. The first kappa shape index (κ1) is 12.9. The minimum absolute atomic E-state index is 0.0303. The highest BCUT2D eigenvalue weighted by Crippen LogP contribution is 2.22. The van der Waals surface area contributed by atoms with E-state index in [-0.39, 0.29) is 6.03 Å². The van der Waals surface area contributed by atoms with Crippen molar-refractivity contribution in [2.75, 3.05) is 18.4 Å². The predicted octanol–water partition coefficient (Wildman–Crippen LogP) is 3.50. The smallest absolute Gasteiger partial charge is 0.321 e. The van der Waals surface area contributed by atoms with E-state index in [9.17, 15) is 4.79 Å². The van der Waals surface area contributed by atoms with Gasteiger partial charge in [-0.1, -0.05) is 32.0 Å². The Balaban J connectivity index is 2.02. The van der Waals surface area contributed by atoms with E-state index in [1.165, 1.54) is 6.42 Å². The van der Waals surface area contributed by atoms with Crippen molar-refractivity contribution in [3.8, 4) is 0 Å². The average Bonchev–Trinajstić information content (AvgIpc) is 2.31. The molecule has 0 aromatic heterocycles. The van der Waals surface area contributed by atoms with Crippen LogP contribution < -0.4 is 5.32 Å². The minimum Gasteiger partial charge on any atom is -0.324 e. The number of urea groups is 1. The molecule has 1 aliphatic heterocycles. The van der Waals surface area contributed by atoms with Gasteiger partial charge in [-0.3, -0.25) is 0 Å². The van der Waals surface area contributed by atoms with Crippen LogP contribution in [0.3, 0.4) is 0 Å². The third kappa shape index (κ3) is 3.03. The molecular formula is C15H22N2O. The maximum Gasteiger partial charge on any atom is 0.321 e. The number of carbonyl (C=O) groups is 1. The van der Waals surface area contributed by atoms with E-state index < -0.39 is 0 Å². The lowest BCUT2D eigenvalue weighted by Crippen LogP contribution is -2.44. The first-order valence-corrected chi connectivity index (χ1v) is 6.68. The number of amides is 2. The van der Waals surface area contributed by atoms with Crippen molar-refractivity contribution in [3.05, 3.63) is 29.8 Å². The van der Waals surface area contributed by atoms with E-state index in [1.807, 2.05) is 36.1 Å². The van der Waals surface area contributed by atoms with Crippen LogP contribution in [0.25, 0.3) is 0 Å². The van der Waals surface area contributed by atoms with Gasteiger partial charge in [0.25, 0.3) is 0 Å². The Morgan fingerprint density at radius 3 is 2.44 bits per heavy atom. The Bertz CT molecular complexity index is 420. The van der Waals surface area contributed by atoms with Crippen LogP contribution in [-0.4, -0.2) is 24.0 Å². The van der Waals surface area contributed by atoms with Crippen LogP contribution in [0.1, 0.15) is 25.8 Å². The highest BCUT2D eigenvalue weighted by atomic mass is 16.2. The number of rotatable bonds is 1. The van der Waals surface area contributed by atoms with Crippen LogP contribution in [0.2, 0.25) is 0 Å². The fourth-order valence-corrected chi connectivity index (χ4v) is 2.74. The van der Waals surface area contributed by atoms with Gasteiger partial charge in [0, 0.05) is 18.8 Å². The fraction of sp³-hybridized carbons (Fsp3) is 0.533. The van der Waals surface area contributed by atoms with E-state index >= 15 is 0 Å². The molecule has 2 rings (SSSR count). The Morgan fingerprint density at radius 2 is 1.83 bits per heavy atom. The van der Waals surface area contributed by atoms with Crippen molar-refractivity contribution in [1.82, 2.24) is 4.90 Å². The van der Waals surface area contributed by atoms with Gasteiger partial charge in [0.15, 0.2) is 0 Å². The summed E-state index contributed by atoms with van der Waals surface area (Å²) in [6, 6.07) is 7.92. The van der Waals surface area contributed by atoms with E-state index in [4.69, 9.17) is 0 Å². The molecule has 0 saturated carbocycles. The number of piperidine rings is 1. The predicted molar refractivity (Wildman–Crippen MR) is 74.7 cm³/mol. The molecule has 1 aromatic carbocycles. The Kier molecular flexibility index (Phi) is 3.90. The number of nitrogens with one attached hydrogen (secondary N) is 1. The van der Waals surface area contributed by atoms with Gasteiger partial charge in [-0.05, 0) is 36.8 Å². The van der Waals surface area contributed by atoms with Gasteiger partial charge in [-0.15, -0.1) is 0 Å². The molecule has 3 heteroatoms. The fourth-order valence-electron chi connectivity index (χ4n) is 2.74. The van der Waals surface area contributed by atoms with Crippen LogP contribution in [0.5, 0.6) is 0 Å². The maximum atomic E-state index is 12.2. The van der Waals surface area contributed by atoms with Crippen molar-refractivity contribution in [3.63, 3.8) is 0 Å². The lowest BCUT2D eigenvalue weighted by molar-refractivity contribution is 0.156. The number of nitrogens with zero attached hydrogens (tertiary/aromatic N) is 1. The van der Waals surface area contributed by atoms with Gasteiger partial charge in [-0.2, -0.15) is 0 Å². The summed E-state index contributed by atoms with van der Waals surface area (Å²) in [5.74, 6) is 1.19. The number of hydrogen-bond acceptors (Lipinski definition) is 1. The second-order valence-electron chi connectivity index (χ2n) is 5.60. The molecule has 98 valence electrons.